The lowest BCUT2D eigenvalue weighted by Crippen LogP contribution is -2.17. The number of nitrogens with zero attached hydrogens (tertiary/aromatic N) is 1. The topological polar surface area (TPSA) is 47.0 Å². The van der Waals surface area contributed by atoms with Crippen LogP contribution in [0.4, 0.5) is 0 Å². The molecular weight excluding hydrogens is 318 g/mol. The van der Waals surface area contributed by atoms with E-state index in [0.29, 0.717) is 5.75 Å². The molecule has 4 heteroatoms. The van der Waals surface area contributed by atoms with Crippen molar-refractivity contribution >= 4 is 20.7 Å². The molecule has 132 valence electrons. The van der Waals surface area contributed by atoms with Crippen LogP contribution in [0.5, 0.6) is 0 Å². The molecule has 0 aliphatic heterocycles. The maximum Gasteiger partial charge on any atom is 0.152 e. The van der Waals surface area contributed by atoms with E-state index in [1.165, 1.54) is 10.9 Å². The van der Waals surface area contributed by atoms with Crippen LogP contribution in [0, 0.1) is 6.92 Å². The number of pyridine rings is 1. The van der Waals surface area contributed by atoms with Crippen LogP contribution >= 0.6 is 0 Å². The summed E-state index contributed by atoms with van der Waals surface area (Å²) in [6, 6.07) is 10.7. The molecule has 3 nitrogen and oxygen atoms in total. The standard InChI is InChI=1S/C20H29NO2S/c1-16(2)24(22,23)14-8-6-4-5-7-9-18-11-13-20-19(15-18)12-10-17(3)21-20/h10-13,15-16H,4-9,14H2,1-3H3. The molecule has 0 bridgehead atoms. The van der Waals surface area contributed by atoms with Crippen molar-refractivity contribution in [2.75, 3.05) is 5.75 Å². The number of rotatable bonds is 9. The first-order valence-electron chi connectivity index (χ1n) is 8.96. The highest BCUT2D eigenvalue weighted by Gasteiger charge is 2.14. The zero-order valence-electron chi connectivity index (χ0n) is 15.1. The van der Waals surface area contributed by atoms with Crippen LogP contribution in [0.3, 0.4) is 0 Å². The van der Waals surface area contributed by atoms with Crippen LogP contribution in [0.2, 0.25) is 0 Å². The van der Waals surface area contributed by atoms with Crippen molar-refractivity contribution < 1.29 is 8.42 Å². The molecule has 0 saturated heterocycles. The minimum Gasteiger partial charge on any atom is -0.253 e. The Balaban J connectivity index is 1.68. The summed E-state index contributed by atoms with van der Waals surface area (Å²) in [6.07, 6.45) is 6.30. The number of fused-ring (bicyclic) bond motifs is 1. The van der Waals surface area contributed by atoms with E-state index >= 15 is 0 Å². The van der Waals surface area contributed by atoms with Crippen LogP contribution in [0.15, 0.2) is 30.3 Å². The molecule has 0 atom stereocenters. The quantitative estimate of drug-likeness (QED) is 0.609. The smallest absolute Gasteiger partial charge is 0.152 e. The summed E-state index contributed by atoms with van der Waals surface area (Å²) in [4.78, 5) is 4.53. The summed E-state index contributed by atoms with van der Waals surface area (Å²) in [5.74, 6) is 0.335. The SMILES string of the molecule is Cc1ccc2cc(CCCCCCCS(=O)(=O)C(C)C)ccc2n1. The van der Waals surface area contributed by atoms with Crippen LogP contribution < -0.4 is 0 Å². The molecule has 0 amide bonds. The Labute approximate surface area is 146 Å². The molecule has 0 N–H and O–H groups in total. The Morgan fingerprint density at radius 2 is 1.67 bits per heavy atom. The van der Waals surface area contributed by atoms with Gasteiger partial charge in [-0.1, -0.05) is 31.4 Å². The van der Waals surface area contributed by atoms with Crippen LogP contribution in [-0.2, 0) is 16.3 Å². The highest BCUT2D eigenvalue weighted by atomic mass is 32.2. The third kappa shape index (κ3) is 5.59. The van der Waals surface area contributed by atoms with E-state index in [-0.39, 0.29) is 5.25 Å². The third-order valence-corrected chi connectivity index (χ3v) is 6.80. The van der Waals surface area contributed by atoms with E-state index in [1.54, 1.807) is 13.8 Å². The number of benzene rings is 1. The fourth-order valence-corrected chi connectivity index (χ4v) is 3.91. The lowest BCUT2D eigenvalue weighted by atomic mass is 10.0. The Bertz CT molecular complexity index is 766. The minimum atomic E-state index is -2.86. The molecule has 2 aromatic rings. The summed E-state index contributed by atoms with van der Waals surface area (Å²) in [6.45, 7) is 5.53. The van der Waals surface area contributed by atoms with E-state index in [9.17, 15) is 8.42 Å². The number of hydrogen-bond donors (Lipinski definition) is 0. The molecule has 1 aromatic heterocycles. The Morgan fingerprint density at radius 3 is 2.42 bits per heavy atom. The first kappa shape index (κ1) is 18.9. The third-order valence-electron chi connectivity index (χ3n) is 4.51. The zero-order chi connectivity index (χ0) is 17.6. The highest BCUT2D eigenvalue weighted by molar-refractivity contribution is 7.91. The van der Waals surface area contributed by atoms with Gasteiger partial charge in [0.2, 0.25) is 0 Å². The van der Waals surface area contributed by atoms with Gasteiger partial charge in [0, 0.05) is 11.1 Å². The predicted molar refractivity (Wildman–Crippen MR) is 102 cm³/mol. The average molecular weight is 348 g/mol. The molecule has 0 aliphatic carbocycles. The van der Waals surface area contributed by atoms with Crippen molar-refractivity contribution in [1.82, 2.24) is 4.98 Å². The molecule has 0 saturated carbocycles. The Hall–Kier alpha value is -1.42. The van der Waals surface area contributed by atoms with Crippen molar-refractivity contribution in [2.24, 2.45) is 0 Å². The molecular formula is C20H29NO2S. The summed E-state index contributed by atoms with van der Waals surface area (Å²) in [7, 11) is -2.86. The van der Waals surface area contributed by atoms with Crippen molar-refractivity contribution in [3.8, 4) is 0 Å². The lowest BCUT2D eigenvalue weighted by molar-refractivity contribution is 0.577. The Morgan fingerprint density at radius 1 is 0.958 bits per heavy atom. The lowest BCUT2D eigenvalue weighted by Gasteiger charge is -2.07. The van der Waals surface area contributed by atoms with Crippen LogP contribution in [-0.4, -0.2) is 24.4 Å². The van der Waals surface area contributed by atoms with Gasteiger partial charge in [-0.25, -0.2) is 8.42 Å². The van der Waals surface area contributed by atoms with Gasteiger partial charge in [0.15, 0.2) is 9.84 Å². The fourth-order valence-electron chi connectivity index (χ4n) is 2.83. The minimum absolute atomic E-state index is 0.247. The van der Waals surface area contributed by atoms with Gasteiger partial charge in [0.25, 0.3) is 0 Å². The second kappa shape index (κ2) is 8.61. The number of aromatic nitrogens is 1. The number of hydrogen-bond acceptors (Lipinski definition) is 3. The van der Waals surface area contributed by atoms with E-state index in [4.69, 9.17) is 0 Å². The molecule has 2 rings (SSSR count). The normalized spacial score (nSPS) is 12.2. The highest BCUT2D eigenvalue weighted by Crippen LogP contribution is 2.17. The average Bonchev–Trinajstić information content (AvgIpc) is 2.53. The first-order chi connectivity index (χ1) is 11.4. The fraction of sp³-hybridized carbons (Fsp3) is 0.550. The summed E-state index contributed by atoms with van der Waals surface area (Å²) < 4.78 is 23.5. The number of unbranched alkanes of at least 4 members (excludes halogenated alkanes) is 4. The van der Waals surface area contributed by atoms with Gasteiger partial charge in [-0.2, -0.15) is 0 Å². The molecule has 24 heavy (non-hydrogen) atoms. The van der Waals surface area contributed by atoms with Crippen molar-refractivity contribution in [3.63, 3.8) is 0 Å². The van der Waals surface area contributed by atoms with Crippen LogP contribution in [0.25, 0.3) is 10.9 Å². The Kier molecular flexibility index (Phi) is 6.79. The molecule has 1 heterocycles. The summed E-state index contributed by atoms with van der Waals surface area (Å²) >= 11 is 0. The maximum atomic E-state index is 11.7. The summed E-state index contributed by atoms with van der Waals surface area (Å²) in [5.41, 5.74) is 3.47. The first-order valence-corrected chi connectivity index (χ1v) is 10.7. The predicted octanol–water partition coefficient (Wildman–Crippen LogP) is 4.86. The van der Waals surface area contributed by atoms with Crippen molar-refractivity contribution in [1.29, 1.82) is 0 Å². The largest absolute Gasteiger partial charge is 0.253 e. The summed E-state index contributed by atoms with van der Waals surface area (Å²) in [5, 5.41) is 0.959. The number of sulfone groups is 1. The van der Waals surface area contributed by atoms with E-state index < -0.39 is 9.84 Å². The van der Waals surface area contributed by atoms with Gasteiger partial charge >= 0.3 is 0 Å². The maximum absolute atomic E-state index is 11.7. The molecule has 0 spiro atoms. The van der Waals surface area contributed by atoms with Gasteiger partial charge in [-0.3, -0.25) is 4.98 Å². The van der Waals surface area contributed by atoms with Gasteiger partial charge in [-0.05, 0) is 63.8 Å². The number of aryl methyl sites for hydroxylation is 2. The van der Waals surface area contributed by atoms with E-state index in [2.05, 4.69) is 35.3 Å². The van der Waals surface area contributed by atoms with Gasteiger partial charge < -0.3 is 0 Å². The molecule has 0 unspecified atom stereocenters. The van der Waals surface area contributed by atoms with Gasteiger partial charge in [0.05, 0.1) is 16.5 Å². The second-order valence-electron chi connectivity index (χ2n) is 6.91. The monoisotopic (exact) mass is 347 g/mol. The van der Waals surface area contributed by atoms with Crippen molar-refractivity contribution in [3.05, 3.63) is 41.6 Å². The second-order valence-corrected chi connectivity index (χ2v) is 9.59. The van der Waals surface area contributed by atoms with E-state index in [1.807, 2.05) is 6.92 Å². The zero-order valence-corrected chi connectivity index (χ0v) is 15.9. The van der Waals surface area contributed by atoms with Crippen LogP contribution in [0.1, 0.15) is 57.2 Å². The molecule has 0 radical (unpaired) electrons. The molecule has 0 fully saturated rings. The van der Waals surface area contributed by atoms with Gasteiger partial charge in [-0.15, -0.1) is 0 Å². The molecule has 1 aromatic carbocycles. The van der Waals surface area contributed by atoms with Crippen molar-refractivity contribution in [2.45, 2.75) is 64.5 Å². The van der Waals surface area contributed by atoms with Gasteiger partial charge in [0.1, 0.15) is 0 Å². The van der Waals surface area contributed by atoms with E-state index in [0.717, 1.165) is 49.7 Å². The molecule has 0 aliphatic rings.